The Bertz CT molecular complexity index is 572. The molecule has 1 aromatic carbocycles. The second-order valence-electron chi connectivity index (χ2n) is 6.17. The Morgan fingerprint density at radius 1 is 1.28 bits per heavy atom. The molecule has 2 rings (SSSR count). The van der Waals surface area contributed by atoms with Crippen molar-refractivity contribution in [1.29, 1.82) is 0 Å². The molecule has 1 atom stereocenters. The largest absolute Gasteiger partial charge is 0.496 e. The van der Waals surface area contributed by atoms with E-state index in [4.69, 9.17) is 4.74 Å². The van der Waals surface area contributed by atoms with Crippen LogP contribution in [0.2, 0.25) is 0 Å². The molecular formula is C20H29N3O2. The molecule has 136 valence electrons. The molecule has 1 unspecified atom stereocenters. The number of nitrogens with zero attached hydrogens (tertiary/aromatic N) is 2. The summed E-state index contributed by atoms with van der Waals surface area (Å²) in [4.78, 5) is 16.6. The summed E-state index contributed by atoms with van der Waals surface area (Å²) in [5.41, 5.74) is 1.12. The van der Waals surface area contributed by atoms with Crippen molar-refractivity contribution in [2.45, 2.75) is 18.9 Å². The topological polar surface area (TPSA) is 44.8 Å². The minimum atomic E-state index is -0.0982. The quantitative estimate of drug-likeness (QED) is 0.700. The van der Waals surface area contributed by atoms with Gasteiger partial charge in [0.1, 0.15) is 5.75 Å². The molecule has 0 radical (unpaired) electrons. The van der Waals surface area contributed by atoms with Crippen molar-refractivity contribution >= 4 is 6.03 Å². The van der Waals surface area contributed by atoms with Crippen molar-refractivity contribution in [1.82, 2.24) is 15.1 Å². The van der Waals surface area contributed by atoms with E-state index in [1.165, 1.54) is 12.8 Å². The molecule has 2 amide bonds. The first kappa shape index (κ1) is 19.1. The van der Waals surface area contributed by atoms with Crippen LogP contribution in [0.15, 0.2) is 49.6 Å². The summed E-state index contributed by atoms with van der Waals surface area (Å²) in [6.07, 6.45) is 5.83. The SMILES string of the molecule is C=CCN(CC=C)C(=O)NCC(c1ccccc1OC)N1CCCC1. The van der Waals surface area contributed by atoms with Crippen LogP contribution in [-0.2, 0) is 0 Å². The first-order chi connectivity index (χ1) is 12.2. The third-order valence-electron chi connectivity index (χ3n) is 4.51. The number of hydrogen-bond donors (Lipinski definition) is 1. The highest BCUT2D eigenvalue weighted by molar-refractivity contribution is 5.74. The average Bonchev–Trinajstić information content (AvgIpc) is 3.16. The fraction of sp³-hybridized carbons (Fsp3) is 0.450. The van der Waals surface area contributed by atoms with E-state index in [1.54, 1.807) is 24.2 Å². The maximum Gasteiger partial charge on any atom is 0.318 e. The molecule has 1 heterocycles. The lowest BCUT2D eigenvalue weighted by Crippen LogP contribution is -2.44. The zero-order valence-corrected chi connectivity index (χ0v) is 15.1. The molecule has 1 aliphatic rings. The normalized spacial score (nSPS) is 15.4. The Kier molecular flexibility index (Phi) is 7.54. The summed E-state index contributed by atoms with van der Waals surface area (Å²) in [5.74, 6) is 0.864. The number of methoxy groups -OCH3 is 1. The third-order valence-corrected chi connectivity index (χ3v) is 4.51. The maximum atomic E-state index is 12.5. The van der Waals surface area contributed by atoms with E-state index in [2.05, 4.69) is 29.4 Å². The minimum absolute atomic E-state index is 0.0982. The van der Waals surface area contributed by atoms with Crippen molar-refractivity contribution in [3.63, 3.8) is 0 Å². The van der Waals surface area contributed by atoms with Crippen LogP contribution < -0.4 is 10.1 Å². The first-order valence-electron chi connectivity index (χ1n) is 8.82. The van der Waals surface area contributed by atoms with Crippen LogP contribution in [-0.4, -0.2) is 55.7 Å². The molecule has 1 aromatic rings. The van der Waals surface area contributed by atoms with Crippen LogP contribution in [0.1, 0.15) is 24.4 Å². The van der Waals surface area contributed by atoms with Gasteiger partial charge in [-0.3, -0.25) is 4.90 Å². The molecule has 25 heavy (non-hydrogen) atoms. The molecule has 0 saturated carbocycles. The summed E-state index contributed by atoms with van der Waals surface area (Å²) >= 11 is 0. The average molecular weight is 343 g/mol. The molecule has 1 fully saturated rings. The number of nitrogens with one attached hydrogen (secondary N) is 1. The van der Waals surface area contributed by atoms with Crippen LogP contribution in [0.5, 0.6) is 5.75 Å². The van der Waals surface area contributed by atoms with E-state index in [0.717, 1.165) is 24.4 Å². The van der Waals surface area contributed by atoms with Gasteiger partial charge >= 0.3 is 6.03 Å². The monoisotopic (exact) mass is 343 g/mol. The summed E-state index contributed by atoms with van der Waals surface area (Å²) in [6.45, 7) is 11.1. The Balaban J connectivity index is 2.12. The van der Waals surface area contributed by atoms with E-state index in [0.29, 0.717) is 19.6 Å². The molecule has 0 aliphatic carbocycles. The van der Waals surface area contributed by atoms with Crippen LogP contribution >= 0.6 is 0 Å². The van der Waals surface area contributed by atoms with E-state index in [-0.39, 0.29) is 12.1 Å². The van der Waals surface area contributed by atoms with Crippen molar-refractivity contribution in [2.24, 2.45) is 0 Å². The van der Waals surface area contributed by atoms with Gasteiger partial charge in [0.05, 0.1) is 13.2 Å². The lowest BCUT2D eigenvalue weighted by molar-refractivity contribution is 0.195. The number of rotatable bonds is 9. The fourth-order valence-corrected chi connectivity index (χ4v) is 3.28. The zero-order chi connectivity index (χ0) is 18.1. The third kappa shape index (κ3) is 5.10. The molecule has 5 nitrogen and oxygen atoms in total. The van der Waals surface area contributed by atoms with E-state index < -0.39 is 0 Å². The van der Waals surface area contributed by atoms with Gasteiger partial charge in [0.25, 0.3) is 0 Å². The fourth-order valence-electron chi connectivity index (χ4n) is 3.28. The molecule has 0 spiro atoms. The van der Waals surface area contributed by atoms with Gasteiger partial charge in [-0.05, 0) is 32.0 Å². The van der Waals surface area contributed by atoms with Gasteiger partial charge in [0, 0.05) is 25.2 Å². The molecule has 1 saturated heterocycles. The van der Waals surface area contributed by atoms with Crippen LogP contribution in [0.25, 0.3) is 0 Å². The number of carbonyl (C=O) groups is 1. The number of carbonyl (C=O) groups excluding carboxylic acids is 1. The number of urea groups is 1. The van der Waals surface area contributed by atoms with Crippen molar-refractivity contribution < 1.29 is 9.53 Å². The highest BCUT2D eigenvalue weighted by Crippen LogP contribution is 2.31. The molecule has 1 aliphatic heterocycles. The van der Waals surface area contributed by atoms with Crippen molar-refractivity contribution in [3.8, 4) is 5.75 Å². The van der Waals surface area contributed by atoms with Gasteiger partial charge in [0.2, 0.25) is 0 Å². The lowest BCUT2D eigenvalue weighted by Gasteiger charge is -2.30. The molecule has 0 bridgehead atoms. The predicted molar refractivity (Wildman–Crippen MR) is 102 cm³/mol. The van der Waals surface area contributed by atoms with Gasteiger partial charge in [-0.25, -0.2) is 4.79 Å². The molecular weight excluding hydrogens is 314 g/mol. The Morgan fingerprint density at radius 2 is 1.92 bits per heavy atom. The summed E-state index contributed by atoms with van der Waals surface area (Å²) < 4.78 is 5.54. The summed E-state index contributed by atoms with van der Waals surface area (Å²) in [6, 6.07) is 8.06. The Hall–Kier alpha value is -2.27. The van der Waals surface area contributed by atoms with E-state index >= 15 is 0 Å². The number of ether oxygens (including phenoxy) is 1. The van der Waals surface area contributed by atoms with Crippen LogP contribution in [0, 0.1) is 0 Å². The van der Waals surface area contributed by atoms with E-state index in [9.17, 15) is 4.79 Å². The number of amides is 2. The number of benzene rings is 1. The number of hydrogen-bond acceptors (Lipinski definition) is 3. The summed E-state index contributed by atoms with van der Waals surface area (Å²) in [7, 11) is 1.69. The number of likely N-dealkylation sites (tertiary alicyclic amines) is 1. The molecule has 5 heteroatoms. The Labute approximate surface area is 151 Å². The highest BCUT2D eigenvalue weighted by Gasteiger charge is 2.26. The van der Waals surface area contributed by atoms with Gasteiger partial charge < -0.3 is 15.0 Å². The van der Waals surface area contributed by atoms with Crippen molar-refractivity contribution in [2.75, 3.05) is 39.8 Å². The van der Waals surface area contributed by atoms with Gasteiger partial charge in [-0.2, -0.15) is 0 Å². The van der Waals surface area contributed by atoms with Crippen LogP contribution in [0.4, 0.5) is 4.79 Å². The molecule has 0 aromatic heterocycles. The molecule has 1 N–H and O–H groups in total. The number of para-hydroxylation sites is 1. The van der Waals surface area contributed by atoms with Gasteiger partial charge in [-0.15, -0.1) is 13.2 Å². The van der Waals surface area contributed by atoms with Crippen LogP contribution in [0.3, 0.4) is 0 Å². The highest BCUT2D eigenvalue weighted by atomic mass is 16.5. The predicted octanol–water partition coefficient (Wildman–Crippen LogP) is 3.22. The standard InChI is InChI=1S/C20H29N3O2/c1-4-12-23(13-5-2)20(24)21-16-18(22-14-8-9-15-22)17-10-6-7-11-19(17)25-3/h4-7,10-11,18H,1-2,8-9,12-16H2,3H3,(H,21,24). The Morgan fingerprint density at radius 3 is 2.52 bits per heavy atom. The minimum Gasteiger partial charge on any atom is -0.496 e. The van der Waals surface area contributed by atoms with Gasteiger partial charge in [-0.1, -0.05) is 30.4 Å². The first-order valence-corrected chi connectivity index (χ1v) is 8.82. The van der Waals surface area contributed by atoms with Crippen molar-refractivity contribution in [3.05, 3.63) is 55.1 Å². The maximum absolute atomic E-state index is 12.5. The van der Waals surface area contributed by atoms with E-state index in [1.807, 2.05) is 18.2 Å². The smallest absolute Gasteiger partial charge is 0.318 e. The second-order valence-corrected chi connectivity index (χ2v) is 6.17. The lowest BCUT2D eigenvalue weighted by atomic mass is 10.0. The summed E-state index contributed by atoms with van der Waals surface area (Å²) in [5, 5.41) is 3.07. The zero-order valence-electron chi connectivity index (χ0n) is 15.1. The second kappa shape index (κ2) is 9.89. The van der Waals surface area contributed by atoms with Gasteiger partial charge in [0.15, 0.2) is 0 Å².